The predicted molar refractivity (Wildman–Crippen MR) is 48.8 cm³/mol. The highest BCUT2D eigenvalue weighted by Crippen LogP contribution is 2.17. The average molecular weight is 173 g/mol. The van der Waals surface area contributed by atoms with Crippen LogP contribution in [0.5, 0.6) is 0 Å². The second-order valence-electron chi connectivity index (χ2n) is 3.59. The van der Waals surface area contributed by atoms with Crippen LogP contribution in [0.3, 0.4) is 0 Å². The van der Waals surface area contributed by atoms with E-state index in [1.165, 1.54) is 0 Å². The van der Waals surface area contributed by atoms with E-state index in [0.717, 1.165) is 6.42 Å². The minimum absolute atomic E-state index is 0.00565. The second-order valence-corrected chi connectivity index (χ2v) is 3.59. The van der Waals surface area contributed by atoms with Gasteiger partial charge in [0.15, 0.2) is 0 Å². The lowest BCUT2D eigenvalue weighted by atomic mass is 9.87. The van der Waals surface area contributed by atoms with Crippen LogP contribution in [-0.2, 0) is 4.79 Å². The molecule has 0 aliphatic rings. The van der Waals surface area contributed by atoms with Crippen LogP contribution in [0, 0.1) is 11.8 Å². The molecule has 2 atom stereocenters. The lowest BCUT2D eigenvalue weighted by Crippen LogP contribution is -2.36. The Morgan fingerprint density at radius 1 is 1.50 bits per heavy atom. The normalized spacial score (nSPS) is 16.1. The summed E-state index contributed by atoms with van der Waals surface area (Å²) in [6.07, 6.45) is 1.03. The molecule has 72 valence electrons. The largest absolute Gasteiger partial charge is 0.481 e. The smallest absolute Gasteiger partial charge is 0.303 e. The van der Waals surface area contributed by atoms with Gasteiger partial charge in [-0.3, -0.25) is 4.79 Å². The third-order valence-corrected chi connectivity index (χ3v) is 2.28. The summed E-state index contributed by atoms with van der Waals surface area (Å²) in [6.45, 7) is 6.03. The lowest BCUT2D eigenvalue weighted by Gasteiger charge is -2.24. The van der Waals surface area contributed by atoms with Crippen LogP contribution < -0.4 is 5.73 Å². The minimum atomic E-state index is -0.752. The van der Waals surface area contributed by atoms with Crippen molar-refractivity contribution in [3.05, 3.63) is 0 Å². The molecule has 0 aliphatic heterocycles. The predicted octanol–water partition coefficient (Wildman–Crippen LogP) is 1.47. The van der Waals surface area contributed by atoms with Crippen LogP contribution in [0.1, 0.15) is 33.6 Å². The minimum Gasteiger partial charge on any atom is -0.481 e. The number of rotatable bonds is 5. The van der Waals surface area contributed by atoms with Crippen LogP contribution in [0.2, 0.25) is 0 Å². The number of carbonyl (C=O) groups is 1. The van der Waals surface area contributed by atoms with Crippen LogP contribution in [-0.4, -0.2) is 17.1 Å². The van der Waals surface area contributed by atoms with Gasteiger partial charge in [-0.05, 0) is 11.8 Å². The van der Waals surface area contributed by atoms with Crippen molar-refractivity contribution in [2.24, 2.45) is 17.6 Å². The second kappa shape index (κ2) is 5.14. The Balaban J connectivity index is 4.04. The number of carboxylic acids is 1. The maximum atomic E-state index is 10.4. The Labute approximate surface area is 74.0 Å². The zero-order valence-electron chi connectivity index (χ0n) is 8.08. The molecular weight excluding hydrogens is 154 g/mol. The van der Waals surface area contributed by atoms with Crippen LogP contribution in [0.25, 0.3) is 0 Å². The summed E-state index contributed by atoms with van der Waals surface area (Å²) in [5.74, 6) is -0.283. The number of nitrogens with two attached hydrogens (primary N) is 1. The van der Waals surface area contributed by atoms with Gasteiger partial charge in [0.2, 0.25) is 0 Å². The van der Waals surface area contributed by atoms with Gasteiger partial charge in [0, 0.05) is 12.5 Å². The Morgan fingerprint density at radius 3 is 2.25 bits per heavy atom. The first-order chi connectivity index (χ1) is 5.49. The lowest BCUT2D eigenvalue weighted by molar-refractivity contribution is -0.138. The van der Waals surface area contributed by atoms with E-state index in [1.54, 1.807) is 0 Å². The van der Waals surface area contributed by atoms with E-state index >= 15 is 0 Å². The first kappa shape index (κ1) is 11.4. The zero-order chi connectivity index (χ0) is 9.72. The topological polar surface area (TPSA) is 63.3 Å². The number of hydrogen-bond acceptors (Lipinski definition) is 2. The van der Waals surface area contributed by atoms with E-state index in [-0.39, 0.29) is 18.4 Å². The molecule has 0 heterocycles. The summed E-state index contributed by atoms with van der Waals surface area (Å²) < 4.78 is 0. The highest BCUT2D eigenvalue weighted by Gasteiger charge is 2.21. The van der Waals surface area contributed by atoms with E-state index in [0.29, 0.717) is 5.92 Å². The Bertz CT molecular complexity index is 145. The fraction of sp³-hybridized carbons (Fsp3) is 0.889. The van der Waals surface area contributed by atoms with Crippen molar-refractivity contribution in [1.29, 1.82) is 0 Å². The fourth-order valence-electron chi connectivity index (χ4n) is 1.32. The Kier molecular flexibility index (Phi) is 4.90. The van der Waals surface area contributed by atoms with Crippen molar-refractivity contribution in [2.45, 2.75) is 39.7 Å². The van der Waals surface area contributed by atoms with Gasteiger partial charge < -0.3 is 10.8 Å². The standard InChI is InChI=1S/C9H19NO2/c1-4-7(5-8(11)12)9(10)6(2)3/h6-7,9H,4-5,10H2,1-3H3,(H,11,12). The van der Waals surface area contributed by atoms with E-state index in [9.17, 15) is 4.79 Å². The highest BCUT2D eigenvalue weighted by molar-refractivity contribution is 5.67. The molecule has 0 aliphatic carbocycles. The molecule has 0 aromatic heterocycles. The van der Waals surface area contributed by atoms with Crippen molar-refractivity contribution < 1.29 is 9.90 Å². The van der Waals surface area contributed by atoms with E-state index < -0.39 is 5.97 Å². The third kappa shape index (κ3) is 3.72. The molecule has 12 heavy (non-hydrogen) atoms. The number of carboxylic acid groups (broad SMARTS) is 1. The maximum Gasteiger partial charge on any atom is 0.303 e. The van der Waals surface area contributed by atoms with Gasteiger partial charge in [0.05, 0.1) is 0 Å². The molecule has 0 rings (SSSR count). The van der Waals surface area contributed by atoms with E-state index in [2.05, 4.69) is 0 Å². The molecule has 0 radical (unpaired) electrons. The molecule has 3 nitrogen and oxygen atoms in total. The molecule has 0 spiro atoms. The molecule has 0 fully saturated rings. The molecule has 3 N–H and O–H groups in total. The molecule has 0 amide bonds. The van der Waals surface area contributed by atoms with Gasteiger partial charge in [0.25, 0.3) is 0 Å². The molecule has 3 heteroatoms. The number of aliphatic carboxylic acids is 1. The summed E-state index contributed by atoms with van der Waals surface area (Å²) in [6, 6.07) is 0.00565. The van der Waals surface area contributed by atoms with E-state index in [4.69, 9.17) is 10.8 Å². The van der Waals surface area contributed by atoms with Crippen molar-refractivity contribution in [1.82, 2.24) is 0 Å². The first-order valence-electron chi connectivity index (χ1n) is 4.46. The van der Waals surface area contributed by atoms with Crippen LogP contribution >= 0.6 is 0 Å². The van der Waals surface area contributed by atoms with Crippen molar-refractivity contribution in [3.63, 3.8) is 0 Å². The quantitative estimate of drug-likeness (QED) is 0.661. The fourth-order valence-corrected chi connectivity index (χ4v) is 1.32. The third-order valence-electron chi connectivity index (χ3n) is 2.28. The van der Waals surface area contributed by atoms with Crippen molar-refractivity contribution in [3.8, 4) is 0 Å². The van der Waals surface area contributed by atoms with Crippen molar-refractivity contribution in [2.75, 3.05) is 0 Å². The summed E-state index contributed by atoms with van der Waals surface area (Å²) in [5, 5.41) is 8.59. The molecule has 0 aromatic rings. The van der Waals surface area contributed by atoms with Gasteiger partial charge >= 0.3 is 5.97 Å². The average Bonchev–Trinajstić information content (AvgIpc) is 1.98. The summed E-state index contributed by atoms with van der Waals surface area (Å²) in [7, 11) is 0. The van der Waals surface area contributed by atoms with Crippen LogP contribution in [0.15, 0.2) is 0 Å². The monoisotopic (exact) mass is 173 g/mol. The van der Waals surface area contributed by atoms with Gasteiger partial charge in [-0.15, -0.1) is 0 Å². The van der Waals surface area contributed by atoms with Gasteiger partial charge in [-0.1, -0.05) is 27.2 Å². The van der Waals surface area contributed by atoms with Gasteiger partial charge in [-0.2, -0.15) is 0 Å². The summed E-state index contributed by atoms with van der Waals surface area (Å²) in [5.41, 5.74) is 5.86. The Morgan fingerprint density at radius 2 is 2.00 bits per heavy atom. The van der Waals surface area contributed by atoms with Crippen molar-refractivity contribution >= 4 is 5.97 Å². The zero-order valence-corrected chi connectivity index (χ0v) is 8.08. The molecule has 0 saturated carbocycles. The molecule has 0 saturated heterocycles. The molecule has 2 unspecified atom stereocenters. The Hall–Kier alpha value is -0.570. The number of hydrogen-bond donors (Lipinski definition) is 2. The highest BCUT2D eigenvalue weighted by atomic mass is 16.4. The first-order valence-corrected chi connectivity index (χ1v) is 4.46. The maximum absolute atomic E-state index is 10.4. The molecule has 0 bridgehead atoms. The SMILES string of the molecule is CCC(CC(=O)O)C(N)C(C)C. The molecule has 0 aromatic carbocycles. The summed E-state index contributed by atoms with van der Waals surface area (Å²) >= 11 is 0. The molecular formula is C9H19NO2. The van der Waals surface area contributed by atoms with E-state index in [1.807, 2.05) is 20.8 Å². The van der Waals surface area contributed by atoms with Crippen LogP contribution in [0.4, 0.5) is 0 Å². The summed E-state index contributed by atoms with van der Waals surface area (Å²) in [4.78, 5) is 10.4. The van der Waals surface area contributed by atoms with Gasteiger partial charge in [-0.25, -0.2) is 0 Å². The van der Waals surface area contributed by atoms with Gasteiger partial charge in [0.1, 0.15) is 0 Å².